The molecule has 0 unspecified atom stereocenters. The van der Waals surface area contributed by atoms with Gasteiger partial charge in [0.25, 0.3) is 15.0 Å². The van der Waals surface area contributed by atoms with Crippen LogP contribution >= 0.6 is 10.7 Å². The molecule has 0 aliphatic heterocycles. The van der Waals surface area contributed by atoms with Gasteiger partial charge in [-0.15, -0.1) is 0 Å². The number of hydrogen-bond acceptors (Lipinski definition) is 3. The van der Waals surface area contributed by atoms with E-state index in [1.807, 2.05) is 13.8 Å². The molecule has 5 nitrogen and oxygen atoms in total. The van der Waals surface area contributed by atoms with E-state index in [0.29, 0.717) is 18.2 Å². The average molecular weight is 319 g/mol. The summed E-state index contributed by atoms with van der Waals surface area (Å²) in [5.74, 6) is 0.301. The minimum Gasteiger partial charge on any atom is -0.350 e. The van der Waals surface area contributed by atoms with Crippen LogP contribution in [0.1, 0.15) is 49.6 Å². The Morgan fingerprint density at radius 2 is 2.15 bits per heavy atom. The van der Waals surface area contributed by atoms with Crippen LogP contribution in [0.3, 0.4) is 0 Å². The predicted octanol–water partition coefficient (Wildman–Crippen LogP) is 2.53. The Kier molecular flexibility index (Phi) is 4.44. The van der Waals surface area contributed by atoms with E-state index in [2.05, 4.69) is 5.32 Å². The Morgan fingerprint density at radius 3 is 2.60 bits per heavy atom. The zero-order valence-corrected chi connectivity index (χ0v) is 13.2. The molecule has 0 spiro atoms. The molecule has 1 aromatic rings. The van der Waals surface area contributed by atoms with Crippen molar-refractivity contribution in [3.8, 4) is 0 Å². The molecule has 2 rings (SSSR count). The molecule has 112 valence electrons. The zero-order valence-electron chi connectivity index (χ0n) is 11.6. The highest BCUT2D eigenvalue weighted by molar-refractivity contribution is 8.13. The summed E-state index contributed by atoms with van der Waals surface area (Å²) in [5, 5.41) is 2.86. The van der Waals surface area contributed by atoms with E-state index in [4.69, 9.17) is 10.7 Å². The number of aromatic nitrogens is 1. The molecule has 1 amide bonds. The normalized spacial score (nSPS) is 16.2. The van der Waals surface area contributed by atoms with Gasteiger partial charge < -0.3 is 9.88 Å². The summed E-state index contributed by atoms with van der Waals surface area (Å²) in [4.78, 5) is 12.1. The Hall–Kier alpha value is -1.01. The number of amides is 1. The molecule has 7 heteroatoms. The van der Waals surface area contributed by atoms with Gasteiger partial charge in [0.1, 0.15) is 10.6 Å². The molecule has 1 aliphatic rings. The first-order valence-electron chi connectivity index (χ1n) is 6.73. The van der Waals surface area contributed by atoms with Crippen LogP contribution in [0.2, 0.25) is 0 Å². The fourth-order valence-electron chi connectivity index (χ4n) is 2.22. The Morgan fingerprint density at radius 1 is 1.50 bits per heavy atom. The van der Waals surface area contributed by atoms with Gasteiger partial charge in [-0.2, -0.15) is 0 Å². The Labute approximate surface area is 123 Å². The van der Waals surface area contributed by atoms with Crippen molar-refractivity contribution in [2.45, 2.75) is 44.0 Å². The maximum absolute atomic E-state index is 12.2. The van der Waals surface area contributed by atoms with Gasteiger partial charge in [0, 0.05) is 29.5 Å². The van der Waals surface area contributed by atoms with Crippen molar-refractivity contribution in [3.63, 3.8) is 0 Å². The monoisotopic (exact) mass is 318 g/mol. The van der Waals surface area contributed by atoms with Crippen LogP contribution in [-0.2, 0) is 9.05 Å². The Bertz CT molecular complexity index is 603. The lowest BCUT2D eigenvalue weighted by atomic mass is 9.85. The second-order valence-corrected chi connectivity index (χ2v) is 8.07. The van der Waals surface area contributed by atoms with Crippen molar-refractivity contribution < 1.29 is 13.2 Å². The largest absolute Gasteiger partial charge is 0.350 e. The van der Waals surface area contributed by atoms with Crippen molar-refractivity contribution in [1.82, 2.24) is 9.88 Å². The molecular weight excluding hydrogens is 300 g/mol. The van der Waals surface area contributed by atoms with Crippen LogP contribution in [0.5, 0.6) is 0 Å². The standard InChI is InChI=1S/C13H19ClN2O3S/c1-9(2)16-8-11(20(14,18)19)6-12(16)13(17)15-7-10-4-3-5-10/h6,8-10H,3-5,7H2,1-2H3,(H,15,17). The third-order valence-electron chi connectivity index (χ3n) is 3.67. The van der Waals surface area contributed by atoms with E-state index in [1.54, 1.807) is 4.57 Å². The van der Waals surface area contributed by atoms with Crippen molar-refractivity contribution in [2.75, 3.05) is 6.54 Å². The van der Waals surface area contributed by atoms with Gasteiger partial charge in [-0.1, -0.05) is 6.42 Å². The quantitative estimate of drug-likeness (QED) is 0.848. The number of carbonyl (C=O) groups is 1. The maximum Gasteiger partial charge on any atom is 0.267 e. The molecule has 20 heavy (non-hydrogen) atoms. The summed E-state index contributed by atoms with van der Waals surface area (Å²) in [7, 11) is 1.51. The molecule has 1 saturated carbocycles. The molecule has 0 atom stereocenters. The fourth-order valence-corrected chi connectivity index (χ4v) is 2.97. The van der Waals surface area contributed by atoms with Gasteiger partial charge in [-0.05, 0) is 38.7 Å². The lowest BCUT2D eigenvalue weighted by Crippen LogP contribution is -2.33. The lowest BCUT2D eigenvalue weighted by Gasteiger charge is -2.25. The van der Waals surface area contributed by atoms with Gasteiger partial charge in [-0.25, -0.2) is 8.42 Å². The smallest absolute Gasteiger partial charge is 0.267 e. The van der Waals surface area contributed by atoms with E-state index in [9.17, 15) is 13.2 Å². The molecule has 1 aromatic heterocycles. The van der Waals surface area contributed by atoms with E-state index < -0.39 is 9.05 Å². The minimum absolute atomic E-state index is 0.0216. The van der Waals surface area contributed by atoms with E-state index in [1.165, 1.54) is 18.7 Å². The third kappa shape index (κ3) is 3.35. The summed E-state index contributed by atoms with van der Waals surface area (Å²) >= 11 is 0. The molecule has 1 N–H and O–H groups in total. The summed E-state index contributed by atoms with van der Waals surface area (Å²) in [6.45, 7) is 4.41. The fraction of sp³-hybridized carbons (Fsp3) is 0.615. The molecule has 0 radical (unpaired) electrons. The SMILES string of the molecule is CC(C)n1cc(S(=O)(=O)Cl)cc1C(=O)NCC1CCC1. The van der Waals surface area contributed by atoms with Crippen LogP contribution in [0, 0.1) is 5.92 Å². The minimum atomic E-state index is -3.82. The number of halogens is 1. The summed E-state index contributed by atoms with van der Waals surface area (Å²) < 4.78 is 24.4. The lowest BCUT2D eigenvalue weighted by molar-refractivity contribution is 0.0928. The number of carbonyl (C=O) groups excluding carboxylic acids is 1. The Balaban J connectivity index is 2.19. The molecular formula is C13H19ClN2O3S. The second-order valence-electron chi connectivity index (χ2n) is 5.51. The first-order chi connectivity index (χ1) is 9.29. The van der Waals surface area contributed by atoms with E-state index in [0.717, 1.165) is 12.8 Å². The maximum atomic E-state index is 12.2. The van der Waals surface area contributed by atoms with Gasteiger partial charge in [0.2, 0.25) is 0 Å². The zero-order chi connectivity index (χ0) is 14.9. The van der Waals surface area contributed by atoms with Crippen molar-refractivity contribution in [2.24, 2.45) is 5.92 Å². The van der Waals surface area contributed by atoms with Gasteiger partial charge in [-0.3, -0.25) is 4.79 Å². The van der Waals surface area contributed by atoms with Gasteiger partial charge >= 0.3 is 0 Å². The molecule has 0 bridgehead atoms. The van der Waals surface area contributed by atoms with Gasteiger partial charge in [0.05, 0.1) is 0 Å². The molecule has 0 saturated heterocycles. The van der Waals surface area contributed by atoms with Crippen LogP contribution in [0.4, 0.5) is 0 Å². The highest BCUT2D eigenvalue weighted by Gasteiger charge is 2.23. The van der Waals surface area contributed by atoms with E-state index in [-0.39, 0.29) is 16.8 Å². The van der Waals surface area contributed by atoms with Crippen molar-refractivity contribution >= 4 is 25.6 Å². The summed E-state index contributed by atoms with van der Waals surface area (Å²) in [5.41, 5.74) is 0.332. The van der Waals surface area contributed by atoms with Gasteiger partial charge in [0.15, 0.2) is 0 Å². The van der Waals surface area contributed by atoms with Crippen LogP contribution in [-0.4, -0.2) is 25.4 Å². The van der Waals surface area contributed by atoms with Crippen molar-refractivity contribution in [1.29, 1.82) is 0 Å². The molecule has 1 fully saturated rings. The number of hydrogen-bond donors (Lipinski definition) is 1. The number of nitrogens with zero attached hydrogens (tertiary/aromatic N) is 1. The number of rotatable bonds is 5. The van der Waals surface area contributed by atoms with Crippen LogP contribution in [0.15, 0.2) is 17.2 Å². The second kappa shape index (κ2) is 5.77. The average Bonchev–Trinajstić information content (AvgIpc) is 2.70. The number of nitrogens with one attached hydrogen (secondary N) is 1. The third-order valence-corrected chi connectivity index (χ3v) is 4.99. The summed E-state index contributed by atoms with van der Waals surface area (Å²) in [6.07, 6.45) is 4.92. The first-order valence-corrected chi connectivity index (χ1v) is 9.04. The highest BCUT2D eigenvalue weighted by atomic mass is 35.7. The molecule has 0 aromatic carbocycles. The van der Waals surface area contributed by atoms with Crippen LogP contribution < -0.4 is 5.32 Å². The van der Waals surface area contributed by atoms with Crippen molar-refractivity contribution in [3.05, 3.63) is 18.0 Å². The highest BCUT2D eigenvalue weighted by Crippen LogP contribution is 2.26. The van der Waals surface area contributed by atoms with E-state index >= 15 is 0 Å². The van der Waals surface area contributed by atoms with Crippen LogP contribution in [0.25, 0.3) is 0 Å². The molecule has 1 heterocycles. The summed E-state index contributed by atoms with van der Waals surface area (Å²) in [6, 6.07) is 1.31. The first kappa shape index (κ1) is 15.4. The molecule has 1 aliphatic carbocycles. The predicted molar refractivity (Wildman–Crippen MR) is 77.5 cm³/mol. The topological polar surface area (TPSA) is 68.2 Å².